The molecule has 0 atom stereocenters. The van der Waals surface area contributed by atoms with Crippen molar-refractivity contribution in [3.05, 3.63) is 48.3 Å². The predicted octanol–water partition coefficient (Wildman–Crippen LogP) is 6.26. The highest BCUT2D eigenvalue weighted by atomic mass is 16.5. The van der Waals surface area contributed by atoms with Crippen LogP contribution in [0.15, 0.2) is 42.7 Å². The summed E-state index contributed by atoms with van der Waals surface area (Å²) in [7, 11) is 1.65. The highest BCUT2D eigenvalue weighted by Gasteiger charge is 2.28. The van der Waals surface area contributed by atoms with Gasteiger partial charge in [-0.2, -0.15) is 0 Å². The minimum absolute atomic E-state index is 0.0206. The number of aryl methyl sites for hydroxylation is 1. The molecule has 8 nitrogen and oxygen atoms in total. The summed E-state index contributed by atoms with van der Waals surface area (Å²) in [6, 6.07) is 10.0. The molecule has 2 saturated heterocycles. The first kappa shape index (κ1) is 27.3. The lowest BCUT2D eigenvalue weighted by atomic mass is 9.97. The zero-order valence-electron chi connectivity index (χ0n) is 23.4. The summed E-state index contributed by atoms with van der Waals surface area (Å²) in [5, 5.41) is 1.13. The van der Waals surface area contributed by atoms with Crippen LogP contribution in [0.3, 0.4) is 0 Å². The molecule has 0 N–H and O–H groups in total. The molecule has 2 aliphatic heterocycles. The van der Waals surface area contributed by atoms with E-state index in [0.717, 1.165) is 99.5 Å². The van der Waals surface area contributed by atoms with E-state index in [1.807, 2.05) is 40.3 Å². The average molecular weight is 535 g/mol. The number of urea groups is 1. The molecule has 39 heavy (non-hydrogen) atoms. The number of carbonyl (C=O) groups excluding carboxylic acids is 1. The Balaban J connectivity index is 1.28. The van der Waals surface area contributed by atoms with Gasteiger partial charge in [0.2, 0.25) is 0 Å². The molecule has 0 radical (unpaired) electrons. The van der Waals surface area contributed by atoms with Crippen molar-refractivity contribution in [1.29, 1.82) is 0 Å². The SMILES string of the molecule is CCCCCOc1cc(N2CCCN(Cc3ccnc4c3ccn4CCC3CCOCC3)C2=O)ccc1OC. The summed E-state index contributed by atoms with van der Waals surface area (Å²) < 4.78 is 19.3. The molecule has 2 amide bonds. The number of ether oxygens (including phenoxy) is 3. The summed E-state index contributed by atoms with van der Waals surface area (Å²) in [5.41, 5.74) is 2.98. The van der Waals surface area contributed by atoms with Crippen LogP contribution < -0.4 is 14.4 Å². The van der Waals surface area contributed by atoms with Crippen molar-refractivity contribution in [1.82, 2.24) is 14.5 Å². The first-order chi connectivity index (χ1) is 19.2. The number of pyridine rings is 1. The molecule has 0 bridgehead atoms. The number of amides is 2. The summed E-state index contributed by atoms with van der Waals surface area (Å²) in [6.45, 7) is 7.52. The van der Waals surface area contributed by atoms with E-state index >= 15 is 0 Å². The summed E-state index contributed by atoms with van der Waals surface area (Å²) in [6.07, 6.45) is 11.6. The van der Waals surface area contributed by atoms with Gasteiger partial charge in [-0.25, -0.2) is 9.78 Å². The van der Waals surface area contributed by atoms with E-state index in [0.29, 0.717) is 31.2 Å². The third-order valence-electron chi connectivity index (χ3n) is 8.01. The molecular weight excluding hydrogens is 492 g/mol. The fourth-order valence-corrected chi connectivity index (χ4v) is 5.68. The van der Waals surface area contributed by atoms with Crippen molar-refractivity contribution in [2.45, 2.75) is 65.0 Å². The molecule has 2 aromatic heterocycles. The Bertz CT molecular complexity index is 1240. The molecule has 2 fully saturated rings. The van der Waals surface area contributed by atoms with Crippen LogP contribution in [0.1, 0.15) is 57.4 Å². The van der Waals surface area contributed by atoms with E-state index in [9.17, 15) is 4.79 Å². The van der Waals surface area contributed by atoms with Gasteiger partial charge in [-0.15, -0.1) is 0 Å². The Kier molecular flexibility index (Phi) is 9.24. The molecule has 2 aliphatic rings. The van der Waals surface area contributed by atoms with Crippen LogP contribution in [0.2, 0.25) is 0 Å². The number of aromatic nitrogens is 2. The van der Waals surface area contributed by atoms with E-state index in [4.69, 9.17) is 19.2 Å². The molecule has 0 aliphatic carbocycles. The predicted molar refractivity (Wildman–Crippen MR) is 154 cm³/mol. The Morgan fingerprint density at radius 3 is 2.77 bits per heavy atom. The zero-order valence-corrected chi connectivity index (χ0v) is 23.4. The maximum atomic E-state index is 13.7. The standard InChI is InChI=1S/C31H42N4O4/c1-3-4-5-19-39-29-22-26(7-8-28(29)37-2)35-16-6-15-34(31(35)36)23-25-9-14-32-30-27(25)11-18-33(30)17-10-24-12-20-38-21-13-24/h7-9,11,14,18,22,24H,3-6,10,12-13,15-17,19-21,23H2,1-2H3. The molecule has 1 aromatic carbocycles. The highest BCUT2D eigenvalue weighted by Crippen LogP contribution is 2.34. The maximum absolute atomic E-state index is 13.7. The normalized spacial score (nSPS) is 16.7. The van der Waals surface area contributed by atoms with Gasteiger partial charge in [0.05, 0.1) is 13.7 Å². The van der Waals surface area contributed by atoms with Crippen LogP contribution in [0, 0.1) is 5.92 Å². The lowest BCUT2D eigenvalue weighted by Crippen LogP contribution is -2.49. The molecule has 8 heteroatoms. The van der Waals surface area contributed by atoms with Gasteiger partial charge in [0.1, 0.15) is 5.65 Å². The summed E-state index contributed by atoms with van der Waals surface area (Å²) >= 11 is 0. The second-order valence-electron chi connectivity index (χ2n) is 10.7. The number of hydrogen-bond donors (Lipinski definition) is 0. The van der Waals surface area contributed by atoms with Gasteiger partial charge in [-0.3, -0.25) is 4.90 Å². The Hall–Kier alpha value is -3.26. The lowest BCUT2D eigenvalue weighted by molar-refractivity contribution is 0.0627. The Morgan fingerprint density at radius 2 is 1.95 bits per heavy atom. The van der Waals surface area contributed by atoms with E-state index in [-0.39, 0.29) is 6.03 Å². The Morgan fingerprint density at radius 1 is 1.08 bits per heavy atom. The van der Waals surface area contributed by atoms with E-state index in [1.165, 1.54) is 0 Å². The molecule has 0 saturated carbocycles. The second-order valence-corrected chi connectivity index (χ2v) is 10.7. The second kappa shape index (κ2) is 13.2. The van der Waals surface area contributed by atoms with Gasteiger partial charge in [0, 0.05) is 68.9 Å². The van der Waals surface area contributed by atoms with Crippen molar-refractivity contribution in [2.75, 3.05) is 44.9 Å². The van der Waals surface area contributed by atoms with Crippen LogP contribution in [-0.4, -0.2) is 60.5 Å². The number of nitrogens with zero attached hydrogens (tertiary/aromatic N) is 4. The quantitative estimate of drug-likeness (QED) is 0.257. The fourth-order valence-electron chi connectivity index (χ4n) is 5.68. The van der Waals surface area contributed by atoms with Gasteiger partial charge in [-0.05, 0) is 67.9 Å². The van der Waals surface area contributed by atoms with E-state index in [2.05, 4.69) is 23.8 Å². The van der Waals surface area contributed by atoms with Gasteiger partial charge >= 0.3 is 6.03 Å². The van der Waals surface area contributed by atoms with Gasteiger partial charge in [0.15, 0.2) is 11.5 Å². The molecule has 3 aromatic rings. The first-order valence-electron chi connectivity index (χ1n) is 14.6. The van der Waals surface area contributed by atoms with Gasteiger partial charge < -0.3 is 23.7 Å². The van der Waals surface area contributed by atoms with E-state index in [1.54, 1.807) is 7.11 Å². The van der Waals surface area contributed by atoms with E-state index < -0.39 is 0 Å². The van der Waals surface area contributed by atoms with Crippen LogP contribution in [0.25, 0.3) is 11.0 Å². The van der Waals surface area contributed by atoms with Crippen molar-refractivity contribution in [2.24, 2.45) is 5.92 Å². The molecule has 5 rings (SSSR count). The Labute approximate surface area is 231 Å². The summed E-state index contributed by atoms with van der Waals surface area (Å²) in [4.78, 5) is 22.2. The number of fused-ring (bicyclic) bond motifs is 1. The summed E-state index contributed by atoms with van der Waals surface area (Å²) in [5.74, 6) is 2.10. The van der Waals surface area contributed by atoms with Crippen LogP contribution in [-0.2, 0) is 17.8 Å². The molecule has 4 heterocycles. The monoisotopic (exact) mass is 534 g/mol. The van der Waals surface area contributed by atoms with Crippen LogP contribution in [0.5, 0.6) is 11.5 Å². The number of rotatable bonds is 12. The van der Waals surface area contributed by atoms with Crippen molar-refractivity contribution < 1.29 is 19.0 Å². The third-order valence-corrected chi connectivity index (χ3v) is 8.01. The maximum Gasteiger partial charge on any atom is 0.324 e. The van der Waals surface area contributed by atoms with Crippen molar-refractivity contribution >= 4 is 22.8 Å². The average Bonchev–Trinajstić information content (AvgIpc) is 3.40. The first-order valence-corrected chi connectivity index (χ1v) is 14.6. The van der Waals surface area contributed by atoms with Crippen molar-refractivity contribution in [3.63, 3.8) is 0 Å². The minimum atomic E-state index is 0.0206. The van der Waals surface area contributed by atoms with Gasteiger partial charge in [-0.1, -0.05) is 19.8 Å². The molecule has 210 valence electrons. The van der Waals surface area contributed by atoms with Crippen LogP contribution in [0.4, 0.5) is 10.5 Å². The minimum Gasteiger partial charge on any atom is -0.493 e. The highest BCUT2D eigenvalue weighted by molar-refractivity contribution is 5.93. The zero-order chi connectivity index (χ0) is 27.0. The smallest absolute Gasteiger partial charge is 0.324 e. The number of anilines is 1. The fraction of sp³-hybridized carbons (Fsp3) is 0.548. The lowest BCUT2D eigenvalue weighted by Gasteiger charge is -2.36. The third kappa shape index (κ3) is 6.49. The number of unbranched alkanes of at least 4 members (excludes halogenated alkanes) is 2. The number of benzene rings is 1. The largest absolute Gasteiger partial charge is 0.493 e. The molecular formula is C31H42N4O4. The molecule has 0 spiro atoms. The van der Waals surface area contributed by atoms with Gasteiger partial charge in [0.25, 0.3) is 0 Å². The number of hydrogen-bond acceptors (Lipinski definition) is 5. The topological polar surface area (TPSA) is 69.1 Å². The number of carbonyl (C=O) groups is 1. The number of methoxy groups -OCH3 is 1. The van der Waals surface area contributed by atoms with Crippen molar-refractivity contribution in [3.8, 4) is 11.5 Å². The van der Waals surface area contributed by atoms with Crippen LogP contribution >= 0.6 is 0 Å². The molecule has 0 unspecified atom stereocenters.